The lowest BCUT2D eigenvalue weighted by Gasteiger charge is -2.36. The molecule has 0 saturated carbocycles. The number of anilines is 1. The first kappa shape index (κ1) is 22.1. The monoisotopic (exact) mass is 432 g/mol. The summed E-state index contributed by atoms with van der Waals surface area (Å²) >= 11 is 6.42. The Morgan fingerprint density at radius 2 is 1.80 bits per heavy atom. The summed E-state index contributed by atoms with van der Waals surface area (Å²) in [5.41, 5.74) is 1.53. The minimum absolute atomic E-state index is 0.0747. The summed E-state index contributed by atoms with van der Waals surface area (Å²) in [7, 11) is 1.55. The first-order valence-electron chi connectivity index (χ1n) is 10.2. The molecule has 0 aromatic heterocycles. The minimum atomic E-state index is -0.0747. The lowest BCUT2D eigenvalue weighted by Crippen LogP contribution is -2.48. The van der Waals surface area contributed by atoms with Gasteiger partial charge < -0.3 is 24.4 Å². The van der Waals surface area contributed by atoms with E-state index in [1.54, 1.807) is 31.4 Å². The van der Waals surface area contributed by atoms with Gasteiger partial charge in [-0.05, 0) is 48.7 Å². The standard InChI is InChI=1S/C23H29ClN2O4/c1-16(2)8-13-30-22-20(24)14-17(15-21(22)29-3)23(28)26-11-9-25(10-12-26)18-4-6-19(27)7-5-18/h4-7,14-16,27H,8-13H2,1-3H3. The summed E-state index contributed by atoms with van der Waals surface area (Å²) in [6.07, 6.45) is 0.908. The van der Waals surface area contributed by atoms with Crippen molar-refractivity contribution in [3.8, 4) is 17.2 Å². The first-order chi connectivity index (χ1) is 14.4. The predicted molar refractivity (Wildman–Crippen MR) is 119 cm³/mol. The van der Waals surface area contributed by atoms with Crippen molar-refractivity contribution < 1.29 is 19.4 Å². The maximum atomic E-state index is 13.0. The molecule has 2 aromatic rings. The SMILES string of the molecule is COc1cc(C(=O)N2CCN(c3ccc(O)cc3)CC2)cc(Cl)c1OCCC(C)C. The Kier molecular flexibility index (Phi) is 7.32. The molecule has 1 aliphatic rings. The molecule has 1 amide bonds. The van der Waals surface area contributed by atoms with Crippen molar-refractivity contribution in [3.05, 3.63) is 47.0 Å². The number of phenols is 1. The van der Waals surface area contributed by atoms with Gasteiger partial charge in [0.15, 0.2) is 11.5 Å². The Morgan fingerprint density at radius 3 is 2.40 bits per heavy atom. The third-order valence-electron chi connectivity index (χ3n) is 5.20. The zero-order chi connectivity index (χ0) is 21.7. The lowest BCUT2D eigenvalue weighted by molar-refractivity contribution is 0.0746. The normalized spacial score (nSPS) is 14.2. The van der Waals surface area contributed by atoms with Gasteiger partial charge in [0.1, 0.15) is 5.75 Å². The molecule has 0 radical (unpaired) electrons. The molecule has 0 bridgehead atoms. The number of amides is 1. The number of ether oxygens (including phenoxy) is 2. The number of nitrogens with zero attached hydrogens (tertiary/aromatic N) is 2. The summed E-state index contributed by atoms with van der Waals surface area (Å²) in [6, 6.07) is 10.5. The second kappa shape index (κ2) is 9.94. The number of piperazine rings is 1. The van der Waals surface area contributed by atoms with Crippen LogP contribution in [0.4, 0.5) is 5.69 Å². The van der Waals surface area contributed by atoms with Crippen LogP contribution in [0.2, 0.25) is 5.02 Å². The van der Waals surface area contributed by atoms with Crippen LogP contribution in [0.3, 0.4) is 0 Å². The van der Waals surface area contributed by atoms with Gasteiger partial charge in [0.2, 0.25) is 0 Å². The van der Waals surface area contributed by atoms with Crippen LogP contribution in [0.15, 0.2) is 36.4 Å². The third kappa shape index (κ3) is 5.30. The van der Waals surface area contributed by atoms with Gasteiger partial charge in [-0.15, -0.1) is 0 Å². The Labute approximate surface area is 183 Å². The maximum absolute atomic E-state index is 13.0. The molecule has 2 aromatic carbocycles. The van der Waals surface area contributed by atoms with Crippen molar-refractivity contribution in [2.45, 2.75) is 20.3 Å². The number of rotatable bonds is 7. The van der Waals surface area contributed by atoms with E-state index in [4.69, 9.17) is 21.1 Å². The number of hydrogen-bond donors (Lipinski definition) is 1. The van der Waals surface area contributed by atoms with Gasteiger partial charge in [-0.25, -0.2) is 0 Å². The average Bonchev–Trinajstić information content (AvgIpc) is 2.74. The topological polar surface area (TPSA) is 62.2 Å². The zero-order valence-electron chi connectivity index (χ0n) is 17.7. The molecule has 6 nitrogen and oxygen atoms in total. The van der Waals surface area contributed by atoms with E-state index in [9.17, 15) is 9.90 Å². The number of aromatic hydroxyl groups is 1. The van der Waals surface area contributed by atoms with Crippen LogP contribution in [0, 0.1) is 5.92 Å². The largest absolute Gasteiger partial charge is 0.508 e. The molecule has 1 aliphatic heterocycles. The van der Waals surface area contributed by atoms with Crippen LogP contribution >= 0.6 is 11.6 Å². The Morgan fingerprint density at radius 1 is 1.13 bits per heavy atom. The van der Waals surface area contributed by atoms with Crippen LogP contribution in [-0.4, -0.2) is 55.8 Å². The average molecular weight is 433 g/mol. The van der Waals surface area contributed by atoms with Crippen LogP contribution in [0.25, 0.3) is 0 Å². The van der Waals surface area contributed by atoms with Gasteiger partial charge >= 0.3 is 0 Å². The first-order valence-corrected chi connectivity index (χ1v) is 10.6. The van der Waals surface area contributed by atoms with Crippen LogP contribution in [0.5, 0.6) is 17.2 Å². The molecular formula is C23H29ClN2O4. The summed E-state index contributed by atoms with van der Waals surface area (Å²) in [6.45, 7) is 7.45. The fourth-order valence-electron chi connectivity index (χ4n) is 3.39. The fraction of sp³-hybridized carbons (Fsp3) is 0.435. The highest BCUT2D eigenvalue weighted by Gasteiger charge is 2.24. The second-order valence-electron chi connectivity index (χ2n) is 7.82. The van der Waals surface area contributed by atoms with E-state index in [1.807, 2.05) is 17.0 Å². The van der Waals surface area contributed by atoms with Crippen molar-refractivity contribution in [1.29, 1.82) is 0 Å². The number of halogens is 1. The number of carbonyl (C=O) groups is 1. The van der Waals surface area contributed by atoms with E-state index in [-0.39, 0.29) is 11.7 Å². The molecule has 1 N–H and O–H groups in total. The predicted octanol–water partition coefficient (Wildman–Crippen LogP) is 4.44. The molecule has 7 heteroatoms. The smallest absolute Gasteiger partial charge is 0.254 e. The zero-order valence-corrected chi connectivity index (χ0v) is 18.5. The van der Waals surface area contributed by atoms with Gasteiger partial charge in [0, 0.05) is 37.4 Å². The molecule has 162 valence electrons. The maximum Gasteiger partial charge on any atom is 0.254 e. The van der Waals surface area contributed by atoms with Gasteiger partial charge in [-0.1, -0.05) is 25.4 Å². The third-order valence-corrected chi connectivity index (χ3v) is 5.48. The summed E-state index contributed by atoms with van der Waals surface area (Å²) in [5.74, 6) is 1.64. The van der Waals surface area contributed by atoms with Crippen molar-refractivity contribution in [2.75, 3.05) is 44.8 Å². The summed E-state index contributed by atoms with van der Waals surface area (Å²) < 4.78 is 11.3. The van der Waals surface area contributed by atoms with Crippen molar-refractivity contribution in [3.63, 3.8) is 0 Å². The lowest BCUT2D eigenvalue weighted by atomic mass is 10.1. The molecule has 0 aliphatic carbocycles. The molecule has 0 unspecified atom stereocenters. The molecule has 3 rings (SSSR count). The highest BCUT2D eigenvalue weighted by atomic mass is 35.5. The molecular weight excluding hydrogens is 404 g/mol. The highest BCUT2D eigenvalue weighted by Crippen LogP contribution is 2.37. The molecule has 0 spiro atoms. The van der Waals surface area contributed by atoms with Gasteiger partial charge in [0.25, 0.3) is 5.91 Å². The van der Waals surface area contributed by atoms with Crippen molar-refractivity contribution >= 4 is 23.2 Å². The summed E-state index contributed by atoms with van der Waals surface area (Å²) in [5, 5.41) is 9.83. The van der Waals surface area contributed by atoms with Gasteiger partial charge in [-0.3, -0.25) is 4.79 Å². The van der Waals surface area contributed by atoms with Gasteiger partial charge in [0.05, 0.1) is 18.7 Å². The van der Waals surface area contributed by atoms with E-state index < -0.39 is 0 Å². The number of benzene rings is 2. The van der Waals surface area contributed by atoms with Crippen LogP contribution in [-0.2, 0) is 0 Å². The molecule has 0 atom stereocenters. The van der Waals surface area contributed by atoms with Crippen molar-refractivity contribution in [1.82, 2.24) is 4.90 Å². The Balaban J connectivity index is 1.66. The Hall–Kier alpha value is -2.60. The van der Waals surface area contributed by atoms with Crippen molar-refractivity contribution in [2.24, 2.45) is 5.92 Å². The van der Waals surface area contributed by atoms with Crippen LogP contribution < -0.4 is 14.4 Å². The Bertz CT molecular complexity index is 862. The number of hydrogen-bond acceptors (Lipinski definition) is 5. The van der Waals surface area contributed by atoms with E-state index in [2.05, 4.69) is 18.7 Å². The molecule has 1 heterocycles. The molecule has 30 heavy (non-hydrogen) atoms. The summed E-state index contributed by atoms with van der Waals surface area (Å²) in [4.78, 5) is 17.1. The van der Waals surface area contributed by atoms with E-state index in [0.717, 1.165) is 25.2 Å². The number of carbonyl (C=O) groups excluding carboxylic acids is 1. The van der Waals surface area contributed by atoms with E-state index in [1.165, 1.54) is 0 Å². The van der Waals surface area contributed by atoms with Crippen LogP contribution in [0.1, 0.15) is 30.6 Å². The van der Waals surface area contributed by atoms with Gasteiger partial charge in [-0.2, -0.15) is 0 Å². The number of methoxy groups -OCH3 is 1. The molecule has 1 fully saturated rings. The second-order valence-corrected chi connectivity index (χ2v) is 8.22. The highest BCUT2D eigenvalue weighted by molar-refractivity contribution is 6.32. The quantitative estimate of drug-likeness (QED) is 0.700. The molecule has 1 saturated heterocycles. The van der Waals surface area contributed by atoms with E-state index in [0.29, 0.717) is 47.7 Å². The number of phenolic OH excluding ortho intramolecular Hbond substituents is 1. The van der Waals surface area contributed by atoms with E-state index >= 15 is 0 Å². The fourth-order valence-corrected chi connectivity index (χ4v) is 3.66. The minimum Gasteiger partial charge on any atom is -0.508 e.